The summed E-state index contributed by atoms with van der Waals surface area (Å²) in [5.74, 6) is 5.80. The Balaban J connectivity index is 2.78. The van der Waals surface area contributed by atoms with E-state index in [1.807, 2.05) is 0 Å². The highest BCUT2D eigenvalue weighted by Gasteiger charge is 2.08. The first-order valence-corrected chi connectivity index (χ1v) is 3.74. The van der Waals surface area contributed by atoms with Crippen LogP contribution in [0.1, 0.15) is 13.3 Å². The molecule has 0 aliphatic rings. The molecule has 1 amide bonds. The first-order valence-electron chi connectivity index (χ1n) is 3.74. The lowest BCUT2D eigenvalue weighted by atomic mass is 10.4. The fourth-order valence-corrected chi connectivity index (χ4v) is 0.794. The number of hydrazine groups is 1. The number of carbonyl (C=O) groups is 1. The molecule has 1 aromatic heterocycles. The van der Waals surface area contributed by atoms with Crippen molar-refractivity contribution < 1.29 is 4.79 Å². The van der Waals surface area contributed by atoms with Gasteiger partial charge in [-0.2, -0.15) is 0 Å². The lowest BCUT2D eigenvalue weighted by Gasteiger charge is -2.13. The molecule has 2 N–H and O–H groups in total. The monoisotopic (exact) mass is 165 g/mol. The van der Waals surface area contributed by atoms with Gasteiger partial charge in [0.25, 0.3) is 0 Å². The summed E-state index contributed by atoms with van der Waals surface area (Å²) in [6.45, 7) is 1.76. The maximum atomic E-state index is 11.1. The highest BCUT2D eigenvalue weighted by Crippen LogP contribution is 2.05. The average molecular weight is 165 g/mol. The molecule has 0 saturated heterocycles. The standard InChI is InChI=1S/C8H11N3O/c1-2-8(12)11(9)7-5-3-4-6-10-7/h3-6H,2,9H2,1H3. The topological polar surface area (TPSA) is 59.2 Å². The number of pyridine rings is 1. The second-order valence-electron chi connectivity index (χ2n) is 2.31. The maximum absolute atomic E-state index is 11.1. The lowest BCUT2D eigenvalue weighted by Crippen LogP contribution is -2.37. The van der Waals surface area contributed by atoms with Crippen LogP contribution in [-0.2, 0) is 4.79 Å². The summed E-state index contributed by atoms with van der Waals surface area (Å²) < 4.78 is 0. The van der Waals surface area contributed by atoms with Crippen LogP contribution in [0.4, 0.5) is 5.82 Å². The molecule has 0 saturated carbocycles. The number of carbonyl (C=O) groups excluding carboxylic acids is 1. The van der Waals surface area contributed by atoms with Crippen molar-refractivity contribution in [3.8, 4) is 0 Å². The summed E-state index contributed by atoms with van der Waals surface area (Å²) in [6.07, 6.45) is 1.98. The van der Waals surface area contributed by atoms with Crippen LogP contribution in [0.15, 0.2) is 24.4 Å². The SMILES string of the molecule is CCC(=O)N(N)c1ccccn1. The van der Waals surface area contributed by atoms with E-state index in [4.69, 9.17) is 5.84 Å². The van der Waals surface area contributed by atoms with Crippen LogP contribution < -0.4 is 10.9 Å². The van der Waals surface area contributed by atoms with E-state index in [1.54, 1.807) is 31.3 Å². The molecule has 1 heterocycles. The third-order valence-electron chi connectivity index (χ3n) is 1.47. The van der Waals surface area contributed by atoms with E-state index < -0.39 is 0 Å². The minimum atomic E-state index is -0.145. The van der Waals surface area contributed by atoms with Gasteiger partial charge in [0, 0.05) is 12.6 Å². The largest absolute Gasteiger partial charge is 0.273 e. The molecular formula is C8H11N3O. The molecule has 0 unspecified atom stereocenters. The maximum Gasteiger partial charge on any atom is 0.242 e. The molecule has 0 aliphatic heterocycles. The van der Waals surface area contributed by atoms with Crippen molar-refractivity contribution in [3.63, 3.8) is 0 Å². The molecular weight excluding hydrogens is 154 g/mol. The van der Waals surface area contributed by atoms with Gasteiger partial charge in [-0.3, -0.25) is 4.79 Å². The van der Waals surface area contributed by atoms with Crippen LogP contribution in [0, 0.1) is 0 Å². The number of hydrogen-bond acceptors (Lipinski definition) is 3. The van der Waals surface area contributed by atoms with E-state index in [0.29, 0.717) is 12.2 Å². The van der Waals surface area contributed by atoms with E-state index in [0.717, 1.165) is 5.01 Å². The first-order chi connectivity index (χ1) is 5.75. The second kappa shape index (κ2) is 3.82. The summed E-state index contributed by atoms with van der Waals surface area (Å²) in [6, 6.07) is 5.24. The minimum absolute atomic E-state index is 0.145. The molecule has 0 aromatic carbocycles. The fraction of sp³-hybridized carbons (Fsp3) is 0.250. The Bertz CT molecular complexity index is 260. The highest BCUT2D eigenvalue weighted by molar-refractivity contribution is 5.90. The number of nitrogens with zero attached hydrogens (tertiary/aromatic N) is 2. The van der Waals surface area contributed by atoms with Gasteiger partial charge in [-0.15, -0.1) is 0 Å². The van der Waals surface area contributed by atoms with Crippen LogP contribution in [0.3, 0.4) is 0 Å². The number of amides is 1. The summed E-state index contributed by atoms with van der Waals surface area (Å²) >= 11 is 0. The van der Waals surface area contributed by atoms with Crippen molar-refractivity contribution in [2.75, 3.05) is 5.01 Å². The van der Waals surface area contributed by atoms with Gasteiger partial charge in [-0.25, -0.2) is 15.8 Å². The molecule has 0 fully saturated rings. The van der Waals surface area contributed by atoms with Crippen molar-refractivity contribution in [3.05, 3.63) is 24.4 Å². The zero-order chi connectivity index (χ0) is 8.97. The Morgan fingerprint density at radius 1 is 1.67 bits per heavy atom. The Hall–Kier alpha value is -1.42. The molecule has 0 aliphatic carbocycles. The van der Waals surface area contributed by atoms with Crippen LogP contribution in [0.5, 0.6) is 0 Å². The van der Waals surface area contributed by atoms with Gasteiger partial charge in [-0.05, 0) is 12.1 Å². The van der Waals surface area contributed by atoms with E-state index in [9.17, 15) is 4.79 Å². The molecule has 0 radical (unpaired) electrons. The number of aromatic nitrogens is 1. The first kappa shape index (κ1) is 8.67. The second-order valence-corrected chi connectivity index (χ2v) is 2.31. The smallest absolute Gasteiger partial charge is 0.242 e. The summed E-state index contributed by atoms with van der Waals surface area (Å²) in [5, 5.41) is 1.06. The third-order valence-corrected chi connectivity index (χ3v) is 1.47. The number of rotatable bonds is 2. The molecule has 64 valence electrons. The van der Waals surface area contributed by atoms with Gasteiger partial charge < -0.3 is 0 Å². The minimum Gasteiger partial charge on any atom is -0.273 e. The summed E-state index contributed by atoms with van der Waals surface area (Å²) in [4.78, 5) is 15.0. The molecule has 12 heavy (non-hydrogen) atoms. The fourth-order valence-electron chi connectivity index (χ4n) is 0.794. The molecule has 0 spiro atoms. The molecule has 1 rings (SSSR count). The van der Waals surface area contributed by atoms with Crippen molar-refractivity contribution in [2.45, 2.75) is 13.3 Å². The van der Waals surface area contributed by atoms with E-state index in [2.05, 4.69) is 4.98 Å². The van der Waals surface area contributed by atoms with Gasteiger partial charge in [0.15, 0.2) is 0 Å². The van der Waals surface area contributed by atoms with Crippen LogP contribution >= 0.6 is 0 Å². The molecule has 0 bridgehead atoms. The van der Waals surface area contributed by atoms with Crippen molar-refractivity contribution in [2.24, 2.45) is 5.84 Å². The van der Waals surface area contributed by atoms with Gasteiger partial charge in [-0.1, -0.05) is 13.0 Å². The molecule has 1 aromatic rings. The van der Waals surface area contributed by atoms with E-state index in [-0.39, 0.29) is 5.91 Å². The zero-order valence-electron chi connectivity index (χ0n) is 6.90. The number of anilines is 1. The van der Waals surface area contributed by atoms with Gasteiger partial charge in [0.1, 0.15) is 5.82 Å². The van der Waals surface area contributed by atoms with E-state index >= 15 is 0 Å². The van der Waals surface area contributed by atoms with E-state index in [1.165, 1.54) is 0 Å². The Morgan fingerprint density at radius 2 is 2.42 bits per heavy atom. The normalized spacial score (nSPS) is 9.50. The average Bonchev–Trinajstić information content (AvgIpc) is 2.17. The van der Waals surface area contributed by atoms with Crippen molar-refractivity contribution in [1.29, 1.82) is 0 Å². The van der Waals surface area contributed by atoms with Crippen LogP contribution in [-0.4, -0.2) is 10.9 Å². The lowest BCUT2D eigenvalue weighted by molar-refractivity contribution is -0.118. The zero-order valence-corrected chi connectivity index (χ0v) is 6.90. The van der Waals surface area contributed by atoms with Gasteiger partial charge >= 0.3 is 0 Å². The molecule has 4 nitrogen and oxygen atoms in total. The van der Waals surface area contributed by atoms with Crippen molar-refractivity contribution >= 4 is 11.7 Å². The summed E-state index contributed by atoms with van der Waals surface area (Å²) in [5.41, 5.74) is 0. The molecule has 0 atom stereocenters. The summed E-state index contributed by atoms with van der Waals surface area (Å²) in [7, 11) is 0. The number of hydrogen-bond donors (Lipinski definition) is 1. The van der Waals surface area contributed by atoms with Crippen LogP contribution in [0.25, 0.3) is 0 Å². The highest BCUT2D eigenvalue weighted by atomic mass is 16.2. The molecule has 4 heteroatoms. The van der Waals surface area contributed by atoms with Gasteiger partial charge in [0.05, 0.1) is 0 Å². The Labute approximate surface area is 71.0 Å². The Kier molecular flexibility index (Phi) is 2.76. The predicted octanol–water partition coefficient (Wildman–Crippen LogP) is 0.698. The quantitative estimate of drug-likeness (QED) is 0.398. The van der Waals surface area contributed by atoms with Crippen LogP contribution in [0.2, 0.25) is 0 Å². The predicted molar refractivity (Wildman–Crippen MR) is 46.2 cm³/mol. The third kappa shape index (κ3) is 1.79. The van der Waals surface area contributed by atoms with Crippen molar-refractivity contribution in [1.82, 2.24) is 4.98 Å². The Morgan fingerprint density at radius 3 is 2.92 bits per heavy atom. The van der Waals surface area contributed by atoms with Gasteiger partial charge in [0.2, 0.25) is 5.91 Å². The number of nitrogens with two attached hydrogens (primary N) is 1.